The molecular formula is C34H43FN4O3. The van der Waals surface area contributed by atoms with E-state index in [1.807, 2.05) is 51.1 Å². The van der Waals surface area contributed by atoms with Crippen LogP contribution in [0.3, 0.4) is 0 Å². The first-order chi connectivity index (χ1) is 20.1. The van der Waals surface area contributed by atoms with Gasteiger partial charge in [0.25, 0.3) is 5.91 Å². The number of carbonyl (C=O) groups is 2. The number of halogens is 1. The molecule has 1 saturated heterocycles. The summed E-state index contributed by atoms with van der Waals surface area (Å²) < 4.78 is 20.2. The first kappa shape index (κ1) is 30.0. The van der Waals surface area contributed by atoms with Gasteiger partial charge in [0.2, 0.25) is 0 Å². The van der Waals surface area contributed by atoms with Crippen molar-refractivity contribution < 1.29 is 18.7 Å². The van der Waals surface area contributed by atoms with Crippen molar-refractivity contribution in [3.8, 4) is 11.3 Å². The molecule has 2 aliphatic rings. The van der Waals surface area contributed by atoms with E-state index in [1.54, 1.807) is 11.0 Å². The summed E-state index contributed by atoms with van der Waals surface area (Å²) in [5.41, 5.74) is 2.92. The number of hydrogen-bond donors (Lipinski definition) is 1. The lowest BCUT2D eigenvalue weighted by molar-refractivity contribution is 0.0139. The van der Waals surface area contributed by atoms with Gasteiger partial charge in [0.1, 0.15) is 11.4 Å². The highest BCUT2D eigenvalue weighted by Gasteiger charge is 2.30. The van der Waals surface area contributed by atoms with Gasteiger partial charge in [0.15, 0.2) is 0 Å². The van der Waals surface area contributed by atoms with Crippen LogP contribution < -0.4 is 5.32 Å². The highest BCUT2D eigenvalue weighted by atomic mass is 19.1. The molecule has 0 spiro atoms. The Balaban J connectivity index is 1.50. The average Bonchev–Trinajstić information content (AvgIpc) is 2.97. The second-order valence-corrected chi connectivity index (χ2v) is 12.7. The van der Waals surface area contributed by atoms with Crippen LogP contribution in [0.15, 0.2) is 48.5 Å². The van der Waals surface area contributed by atoms with Gasteiger partial charge in [-0.05, 0) is 64.7 Å². The topological polar surface area (TPSA) is 74.8 Å². The Bertz CT molecular complexity index is 1410. The molecule has 2 amide bonds. The maximum Gasteiger partial charge on any atom is 0.410 e. The maximum atomic E-state index is 14.7. The monoisotopic (exact) mass is 574 g/mol. The second-order valence-electron chi connectivity index (χ2n) is 12.7. The Hall–Kier alpha value is -3.52. The molecule has 1 aliphatic heterocycles. The van der Waals surface area contributed by atoms with Gasteiger partial charge >= 0.3 is 6.09 Å². The van der Waals surface area contributed by atoms with Crippen LogP contribution in [0.5, 0.6) is 0 Å². The number of ether oxygens (including phenoxy) is 1. The predicted octanol–water partition coefficient (Wildman–Crippen LogP) is 6.79. The van der Waals surface area contributed by atoms with Crippen LogP contribution in [0.25, 0.3) is 22.2 Å². The van der Waals surface area contributed by atoms with Gasteiger partial charge in [0, 0.05) is 55.3 Å². The molecule has 0 radical (unpaired) electrons. The molecule has 2 fully saturated rings. The molecule has 1 N–H and O–H groups in total. The SMILES string of the molecule is C[C@H](NC(=O)c1c(CN2CCN(C(=O)OC(C)(C)C)CC2)c(-c2ccccc2)nc2ccc(F)cc12)C1CCCCC1. The van der Waals surface area contributed by atoms with Gasteiger partial charge in [-0.1, -0.05) is 49.6 Å². The normalized spacial score (nSPS) is 17.7. The number of fused-ring (bicyclic) bond motifs is 1. The summed E-state index contributed by atoms with van der Waals surface area (Å²) in [4.78, 5) is 35.8. The number of benzene rings is 2. The first-order valence-corrected chi connectivity index (χ1v) is 15.3. The molecule has 1 aromatic heterocycles. The molecule has 1 atom stereocenters. The molecule has 5 rings (SSSR count). The molecule has 0 bridgehead atoms. The maximum absolute atomic E-state index is 14.7. The highest BCUT2D eigenvalue weighted by molar-refractivity contribution is 6.09. The van der Waals surface area contributed by atoms with E-state index in [-0.39, 0.29) is 18.0 Å². The molecular weight excluding hydrogens is 531 g/mol. The lowest BCUT2D eigenvalue weighted by Crippen LogP contribution is -2.49. The molecule has 1 saturated carbocycles. The summed E-state index contributed by atoms with van der Waals surface area (Å²) in [5, 5.41) is 3.82. The minimum Gasteiger partial charge on any atom is -0.444 e. The minimum atomic E-state index is -0.554. The third-order valence-electron chi connectivity index (χ3n) is 8.44. The molecule has 1 aliphatic carbocycles. The van der Waals surface area contributed by atoms with Crippen LogP contribution >= 0.6 is 0 Å². The van der Waals surface area contributed by atoms with E-state index in [0.29, 0.717) is 55.1 Å². The molecule has 2 heterocycles. The first-order valence-electron chi connectivity index (χ1n) is 15.3. The molecule has 2 aromatic carbocycles. The van der Waals surface area contributed by atoms with Crippen molar-refractivity contribution >= 4 is 22.9 Å². The molecule has 224 valence electrons. The zero-order chi connectivity index (χ0) is 29.9. The van der Waals surface area contributed by atoms with Gasteiger partial charge in [0.05, 0.1) is 16.8 Å². The molecule has 3 aromatic rings. The zero-order valence-corrected chi connectivity index (χ0v) is 25.3. The van der Waals surface area contributed by atoms with E-state index >= 15 is 0 Å². The fourth-order valence-electron chi connectivity index (χ4n) is 6.19. The summed E-state index contributed by atoms with van der Waals surface area (Å²) in [6, 6.07) is 14.4. The Morgan fingerprint density at radius 2 is 1.71 bits per heavy atom. The van der Waals surface area contributed by atoms with E-state index in [2.05, 4.69) is 17.1 Å². The Morgan fingerprint density at radius 3 is 2.38 bits per heavy atom. The summed E-state index contributed by atoms with van der Waals surface area (Å²) in [6.45, 7) is 10.4. The summed E-state index contributed by atoms with van der Waals surface area (Å²) in [7, 11) is 0. The minimum absolute atomic E-state index is 0.0139. The molecule has 0 unspecified atom stereocenters. The van der Waals surface area contributed by atoms with Crippen LogP contribution in [0.4, 0.5) is 9.18 Å². The number of hydrogen-bond acceptors (Lipinski definition) is 5. The van der Waals surface area contributed by atoms with Crippen molar-refractivity contribution in [2.45, 2.75) is 78.0 Å². The predicted molar refractivity (Wildman–Crippen MR) is 164 cm³/mol. The third kappa shape index (κ3) is 7.09. The zero-order valence-electron chi connectivity index (χ0n) is 25.3. The van der Waals surface area contributed by atoms with Crippen LogP contribution in [0.2, 0.25) is 0 Å². The number of aromatic nitrogens is 1. The van der Waals surface area contributed by atoms with Gasteiger partial charge < -0.3 is 15.0 Å². The number of carbonyl (C=O) groups excluding carboxylic acids is 2. The largest absolute Gasteiger partial charge is 0.444 e. The van der Waals surface area contributed by atoms with Crippen LogP contribution in [0.1, 0.15) is 75.7 Å². The molecule has 42 heavy (non-hydrogen) atoms. The standard InChI is InChI=1S/C34H43FN4O3/c1-23(24-11-7-5-8-12-24)36-32(40)30-27-21-26(35)15-16-29(27)37-31(25-13-9-6-10-14-25)28(30)22-38-17-19-39(20-18-38)33(41)42-34(2,3)4/h6,9-10,13-16,21,23-24H,5,7-8,11-12,17-20,22H2,1-4H3,(H,36,40)/t23-/m0/s1. The summed E-state index contributed by atoms with van der Waals surface area (Å²) in [5.74, 6) is -0.153. The molecule has 8 heteroatoms. The van der Waals surface area contributed by atoms with E-state index in [4.69, 9.17) is 9.72 Å². The lowest BCUT2D eigenvalue weighted by atomic mass is 9.84. The van der Waals surface area contributed by atoms with Crippen molar-refractivity contribution in [2.24, 2.45) is 5.92 Å². The van der Waals surface area contributed by atoms with E-state index in [1.165, 1.54) is 31.4 Å². The van der Waals surface area contributed by atoms with Crippen LogP contribution in [-0.2, 0) is 11.3 Å². The van der Waals surface area contributed by atoms with Crippen LogP contribution in [0, 0.1) is 11.7 Å². The van der Waals surface area contributed by atoms with E-state index < -0.39 is 11.4 Å². The third-order valence-corrected chi connectivity index (χ3v) is 8.44. The number of piperazine rings is 1. The quantitative estimate of drug-likeness (QED) is 0.351. The number of rotatable bonds is 6. The van der Waals surface area contributed by atoms with Crippen molar-refractivity contribution in [2.75, 3.05) is 26.2 Å². The van der Waals surface area contributed by atoms with Gasteiger partial charge in [-0.15, -0.1) is 0 Å². The Kier molecular flexibility index (Phi) is 9.11. The molecule has 7 nitrogen and oxygen atoms in total. The second kappa shape index (κ2) is 12.8. The van der Waals surface area contributed by atoms with Crippen molar-refractivity contribution in [1.29, 1.82) is 0 Å². The highest BCUT2D eigenvalue weighted by Crippen LogP contribution is 2.33. The average molecular weight is 575 g/mol. The van der Waals surface area contributed by atoms with E-state index in [9.17, 15) is 14.0 Å². The van der Waals surface area contributed by atoms with Crippen molar-refractivity contribution in [3.05, 3.63) is 65.5 Å². The van der Waals surface area contributed by atoms with Gasteiger partial charge in [-0.3, -0.25) is 9.69 Å². The fraction of sp³-hybridized carbons (Fsp3) is 0.500. The van der Waals surface area contributed by atoms with Crippen molar-refractivity contribution in [1.82, 2.24) is 20.1 Å². The number of nitrogens with zero attached hydrogens (tertiary/aromatic N) is 3. The summed E-state index contributed by atoms with van der Waals surface area (Å²) in [6.07, 6.45) is 5.53. The summed E-state index contributed by atoms with van der Waals surface area (Å²) >= 11 is 0. The van der Waals surface area contributed by atoms with Crippen molar-refractivity contribution in [3.63, 3.8) is 0 Å². The number of nitrogens with one attached hydrogen (secondary N) is 1. The number of pyridine rings is 1. The lowest BCUT2D eigenvalue weighted by Gasteiger charge is -2.36. The van der Waals surface area contributed by atoms with Crippen LogP contribution in [-0.4, -0.2) is 64.6 Å². The smallest absolute Gasteiger partial charge is 0.410 e. The van der Waals surface area contributed by atoms with Gasteiger partial charge in [-0.25, -0.2) is 14.2 Å². The Labute approximate surface area is 248 Å². The van der Waals surface area contributed by atoms with E-state index in [0.717, 1.165) is 29.7 Å². The Morgan fingerprint density at radius 1 is 1.02 bits per heavy atom. The van der Waals surface area contributed by atoms with Gasteiger partial charge in [-0.2, -0.15) is 0 Å². The fourth-order valence-corrected chi connectivity index (χ4v) is 6.19. The number of amides is 2.